The third kappa shape index (κ3) is 1.92. The van der Waals surface area contributed by atoms with E-state index in [0.717, 1.165) is 34.1 Å². The van der Waals surface area contributed by atoms with Gasteiger partial charge >= 0.3 is 0 Å². The Morgan fingerprint density at radius 3 is 3.05 bits per heavy atom. The van der Waals surface area contributed by atoms with Crippen LogP contribution in [0, 0.1) is 0 Å². The van der Waals surface area contributed by atoms with Crippen LogP contribution in [0.25, 0.3) is 22.7 Å². The van der Waals surface area contributed by atoms with Gasteiger partial charge in [-0.3, -0.25) is 0 Å². The number of rotatable bonds is 4. The molecule has 0 unspecified atom stereocenters. The first-order valence-electron chi connectivity index (χ1n) is 6.84. The van der Waals surface area contributed by atoms with Crippen molar-refractivity contribution in [2.45, 2.75) is 25.3 Å². The maximum absolute atomic E-state index is 5.59. The van der Waals surface area contributed by atoms with Crippen LogP contribution < -0.4 is 5.73 Å². The number of imidazole rings is 1. The summed E-state index contributed by atoms with van der Waals surface area (Å²) in [7, 11) is 0. The smallest absolute Gasteiger partial charge is 0.162 e. The monoisotopic (exact) mass is 285 g/mol. The molecule has 1 aliphatic rings. The molecule has 5 nitrogen and oxygen atoms in total. The highest BCUT2D eigenvalue weighted by Gasteiger charge is 2.29. The number of aromatic nitrogens is 4. The van der Waals surface area contributed by atoms with E-state index in [1.807, 2.05) is 18.3 Å². The second-order valence-electron chi connectivity index (χ2n) is 5.05. The van der Waals surface area contributed by atoms with E-state index in [9.17, 15) is 0 Å². The molecule has 102 valence electrons. The molecule has 1 saturated carbocycles. The number of nitrogens with two attached hydrogens (primary N) is 1. The Balaban J connectivity index is 1.87. The fourth-order valence-electron chi connectivity index (χ4n) is 2.44. The maximum Gasteiger partial charge on any atom is 0.162 e. The normalized spacial score (nSPS) is 15.1. The van der Waals surface area contributed by atoms with Gasteiger partial charge in [-0.15, -0.1) is 11.3 Å². The lowest BCUT2D eigenvalue weighted by Gasteiger charge is -2.04. The van der Waals surface area contributed by atoms with E-state index in [1.54, 1.807) is 11.3 Å². The highest BCUT2D eigenvalue weighted by molar-refractivity contribution is 7.09. The van der Waals surface area contributed by atoms with Crippen LogP contribution in [0.2, 0.25) is 0 Å². The van der Waals surface area contributed by atoms with Gasteiger partial charge in [0, 0.05) is 24.0 Å². The molecule has 1 aliphatic carbocycles. The Bertz CT molecular complexity index is 756. The molecule has 0 saturated heterocycles. The van der Waals surface area contributed by atoms with Crippen molar-refractivity contribution < 1.29 is 0 Å². The molecule has 0 aromatic carbocycles. The molecule has 0 atom stereocenters. The average Bonchev–Trinajstić information content (AvgIpc) is 3.07. The van der Waals surface area contributed by atoms with Crippen molar-refractivity contribution in [1.82, 2.24) is 19.5 Å². The zero-order valence-electron chi connectivity index (χ0n) is 11.0. The van der Waals surface area contributed by atoms with Gasteiger partial charge in [0.1, 0.15) is 11.2 Å². The van der Waals surface area contributed by atoms with Crippen LogP contribution in [0.5, 0.6) is 0 Å². The zero-order chi connectivity index (χ0) is 13.5. The number of thiazole rings is 1. The summed E-state index contributed by atoms with van der Waals surface area (Å²) in [5.74, 6) is 0.945. The van der Waals surface area contributed by atoms with E-state index in [0.29, 0.717) is 12.6 Å². The first kappa shape index (κ1) is 12.0. The minimum Gasteiger partial charge on any atom is -0.330 e. The summed E-state index contributed by atoms with van der Waals surface area (Å²) in [5.41, 5.74) is 8.46. The molecule has 2 N–H and O–H groups in total. The third-order valence-corrected chi connectivity index (χ3v) is 4.41. The molecule has 3 aromatic rings. The minimum atomic E-state index is 0.532. The summed E-state index contributed by atoms with van der Waals surface area (Å²) in [4.78, 5) is 13.9. The van der Waals surface area contributed by atoms with Crippen molar-refractivity contribution in [3.05, 3.63) is 28.7 Å². The van der Waals surface area contributed by atoms with E-state index in [2.05, 4.69) is 19.9 Å². The Morgan fingerprint density at radius 2 is 2.25 bits per heavy atom. The molecule has 0 aliphatic heterocycles. The summed E-state index contributed by atoms with van der Waals surface area (Å²) < 4.78 is 2.25. The number of pyridine rings is 1. The Kier molecular flexibility index (Phi) is 2.78. The van der Waals surface area contributed by atoms with E-state index in [-0.39, 0.29) is 0 Å². The Hall–Kier alpha value is -1.79. The van der Waals surface area contributed by atoms with Crippen molar-refractivity contribution in [3.8, 4) is 11.5 Å². The van der Waals surface area contributed by atoms with E-state index >= 15 is 0 Å². The maximum atomic E-state index is 5.59. The van der Waals surface area contributed by atoms with Gasteiger partial charge < -0.3 is 10.3 Å². The van der Waals surface area contributed by atoms with E-state index in [1.165, 1.54) is 12.8 Å². The number of hydrogen-bond acceptors (Lipinski definition) is 5. The predicted molar refractivity (Wildman–Crippen MR) is 79.7 cm³/mol. The quantitative estimate of drug-likeness (QED) is 0.799. The van der Waals surface area contributed by atoms with Crippen LogP contribution in [0.4, 0.5) is 0 Å². The standard InChI is InChI=1S/C14H15N5S/c15-6-5-12-17-11(8-20-12)14-18-10-2-1-7-16-13(10)19(14)9-3-4-9/h1-2,7-9H,3-6,15H2. The van der Waals surface area contributed by atoms with Gasteiger partial charge in [-0.1, -0.05) is 0 Å². The van der Waals surface area contributed by atoms with Crippen LogP contribution in [0.15, 0.2) is 23.7 Å². The summed E-state index contributed by atoms with van der Waals surface area (Å²) in [5, 5.41) is 3.15. The van der Waals surface area contributed by atoms with E-state index in [4.69, 9.17) is 10.7 Å². The van der Waals surface area contributed by atoms with Crippen LogP contribution in [-0.4, -0.2) is 26.1 Å². The van der Waals surface area contributed by atoms with Crippen molar-refractivity contribution in [2.75, 3.05) is 6.54 Å². The van der Waals surface area contributed by atoms with Crippen molar-refractivity contribution >= 4 is 22.5 Å². The topological polar surface area (TPSA) is 69.6 Å². The molecule has 0 amide bonds. The van der Waals surface area contributed by atoms with Gasteiger partial charge in [-0.05, 0) is 31.5 Å². The molecule has 3 aromatic heterocycles. The summed E-state index contributed by atoms with van der Waals surface area (Å²) >= 11 is 1.65. The number of fused-ring (bicyclic) bond motifs is 1. The lowest BCUT2D eigenvalue weighted by Crippen LogP contribution is -2.02. The predicted octanol–water partition coefficient (Wildman–Crippen LogP) is 2.39. The molecule has 1 fully saturated rings. The molecule has 0 radical (unpaired) electrons. The van der Waals surface area contributed by atoms with Crippen LogP contribution in [-0.2, 0) is 6.42 Å². The molecule has 4 rings (SSSR count). The molecule has 0 bridgehead atoms. The molecule has 0 spiro atoms. The molecular weight excluding hydrogens is 270 g/mol. The van der Waals surface area contributed by atoms with Gasteiger partial charge in [0.2, 0.25) is 0 Å². The molecule has 3 heterocycles. The number of nitrogens with zero attached hydrogens (tertiary/aromatic N) is 4. The first-order chi connectivity index (χ1) is 9.86. The number of hydrogen-bond donors (Lipinski definition) is 1. The molecule has 6 heteroatoms. The van der Waals surface area contributed by atoms with Crippen LogP contribution in [0.1, 0.15) is 23.9 Å². The van der Waals surface area contributed by atoms with Crippen molar-refractivity contribution in [1.29, 1.82) is 0 Å². The van der Waals surface area contributed by atoms with Crippen molar-refractivity contribution in [3.63, 3.8) is 0 Å². The highest BCUT2D eigenvalue weighted by atomic mass is 32.1. The fraction of sp³-hybridized carbons (Fsp3) is 0.357. The lowest BCUT2D eigenvalue weighted by molar-refractivity contribution is 0.764. The first-order valence-corrected chi connectivity index (χ1v) is 7.72. The van der Waals surface area contributed by atoms with Crippen LogP contribution >= 0.6 is 11.3 Å². The van der Waals surface area contributed by atoms with Gasteiger partial charge in [0.25, 0.3) is 0 Å². The summed E-state index contributed by atoms with van der Waals surface area (Å²) in [6.07, 6.45) is 5.06. The summed E-state index contributed by atoms with van der Waals surface area (Å²) in [6.45, 7) is 0.632. The zero-order valence-corrected chi connectivity index (χ0v) is 11.8. The fourth-order valence-corrected chi connectivity index (χ4v) is 3.23. The van der Waals surface area contributed by atoms with E-state index < -0.39 is 0 Å². The average molecular weight is 285 g/mol. The Labute approximate surface area is 120 Å². The lowest BCUT2D eigenvalue weighted by atomic mass is 10.4. The van der Waals surface area contributed by atoms with Gasteiger partial charge in [-0.2, -0.15) is 0 Å². The third-order valence-electron chi connectivity index (χ3n) is 3.50. The minimum absolute atomic E-state index is 0.532. The van der Waals surface area contributed by atoms with Gasteiger partial charge in [-0.25, -0.2) is 15.0 Å². The Morgan fingerprint density at radius 1 is 1.35 bits per heavy atom. The van der Waals surface area contributed by atoms with Gasteiger partial charge in [0.05, 0.1) is 5.01 Å². The van der Waals surface area contributed by atoms with Crippen molar-refractivity contribution in [2.24, 2.45) is 5.73 Å². The highest BCUT2D eigenvalue weighted by Crippen LogP contribution is 2.40. The van der Waals surface area contributed by atoms with Crippen LogP contribution in [0.3, 0.4) is 0 Å². The second-order valence-corrected chi connectivity index (χ2v) is 5.99. The molecule has 20 heavy (non-hydrogen) atoms. The van der Waals surface area contributed by atoms with Gasteiger partial charge in [0.15, 0.2) is 11.5 Å². The second kappa shape index (κ2) is 4.64. The largest absolute Gasteiger partial charge is 0.330 e. The summed E-state index contributed by atoms with van der Waals surface area (Å²) in [6, 6.07) is 4.47. The SMILES string of the molecule is NCCc1nc(-c2nc3cccnc3n2C2CC2)cs1. The molecular formula is C14H15N5S.